The molecule has 3 aromatic rings. The molecule has 1 aromatic heterocycles. The second-order valence-corrected chi connectivity index (χ2v) is 6.12. The molecule has 1 amide bonds. The lowest BCUT2D eigenvalue weighted by molar-refractivity contribution is 0.0951. The van der Waals surface area contributed by atoms with E-state index in [1.165, 1.54) is 5.56 Å². The Bertz CT molecular complexity index is 864. The van der Waals surface area contributed by atoms with Crippen LogP contribution >= 0.6 is 0 Å². The quantitative estimate of drug-likeness (QED) is 0.642. The van der Waals surface area contributed by atoms with Crippen molar-refractivity contribution < 1.29 is 9.53 Å². The zero-order valence-electron chi connectivity index (χ0n) is 15.3. The summed E-state index contributed by atoms with van der Waals surface area (Å²) >= 11 is 0. The van der Waals surface area contributed by atoms with Crippen LogP contribution in [0.25, 0.3) is 0 Å². The van der Waals surface area contributed by atoms with Crippen molar-refractivity contribution >= 4 is 11.7 Å². The molecule has 138 valence electrons. The highest BCUT2D eigenvalue weighted by molar-refractivity contribution is 5.94. The average molecular weight is 361 g/mol. The number of ether oxygens (including phenoxy) is 1. The summed E-state index contributed by atoms with van der Waals surface area (Å²) in [5.74, 6) is 1.43. The molecule has 0 saturated heterocycles. The smallest absolute Gasteiger partial charge is 0.251 e. The molecule has 2 N–H and O–H groups in total. The maximum atomic E-state index is 12.3. The Kier molecular flexibility index (Phi) is 6.41. The Morgan fingerprint density at radius 3 is 2.52 bits per heavy atom. The van der Waals surface area contributed by atoms with Gasteiger partial charge < -0.3 is 15.4 Å². The first-order chi connectivity index (χ1) is 13.2. The summed E-state index contributed by atoms with van der Waals surface area (Å²) in [5.41, 5.74) is 2.87. The van der Waals surface area contributed by atoms with E-state index in [4.69, 9.17) is 4.74 Å². The number of nitrogens with one attached hydrogen (secondary N) is 2. The maximum Gasteiger partial charge on any atom is 0.251 e. The number of nitrogens with zero attached hydrogens (tertiary/aromatic N) is 1. The standard InChI is InChI=1S/C22H23N3O2/c1-27-20-9-7-17(8-10-20)11-13-23-21-15-19(12-14-24-21)22(26)25-16-18-5-3-2-4-6-18/h2-10,12,14-15H,11,13,16H2,1H3,(H,23,24)(H,25,26). The van der Waals surface area contributed by atoms with Gasteiger partial charge >= 0.3 is 0 Å². The van der Waals surface area contributed by atoms with Crippen molar-refractivity contribution in [1.82, 2.24) is 10.3 Å². The van der Waals surface area contributed by atoms with E-state index in [9.17, 15) is 4.79 Å². The summed E-state index contributed by atoms with van der Waals surface area (Å²) < 4.78 is 5.16. The van der Waals surface area contributed by atoms with E-state index >= 15 is 0 Å². The van der Waals surface area contributed by atoms with E-state index in [0.29, 0.717) is 17.9 Å². The van der Waals surface area contributed by atoms with Gasteiger partial charge in [0.2, 0.25) is 0 Å². The van der Waals surface area contributed by atoms with Gasteiger partial charge in [0.05, 0.1) is 7.11 Å². The number of carbonyl (C=O) groups excluding carboxylic acids is 1. The molecule has 0 bridgehead atoms. The van der Waals surface area contributed by atoms with Crippen LogP contribution in [0.3, 0.4) is 0 Å². The van der Waals surface area contributed by atoms with Gasteiger partial charge in [0.1, 0.15) is 11.6 Å². The number of benzene rings is 2. The molecule has 0 radical (unpaired) electrons. The van der Waals surface area contributed by atoms with E-state index < -0.39 is 0 Å². The molecule has 5 nitrogen and oxygen atoms in total. The molecule has 0 atom stereocenters. The Morgan fingerprint density at radius 2 is 1.78 bits per heavy atom. The van der Waals surface area contributed by atoms with E-state index in [-0.39, 0.29) is 5.91 Å². The Morgan fingerprint density at radius 1 is 1.00 bits per heavy atom. The second kappa shape index (κ2) is 9.38. The highest BCUT2D eigenvalue weighted by Gasteiger charge is 2.07. The monoisotopic (exact) mass is 361 g/mol. The number of methoxy groups -OCH3 is 1. The number of pyridine rings is 1. The SMILES string of the molecule is COc1ccc(CCNc2cc(C(=O)NCc3ccccc3)ccn2)cc1. The minimum Gasteiger partial charge on any atom is -0.497 e. The lowest BCUT2D eigenvalue weighted by Gasteiger charge is -2.09. The highest BCUT2D eigenvalue weighted by Crippen LogP contribution is 2.12. The molecule has 0 fully saturated rings. The molecule has 0 aliphatic carbocycles. The zero-order valence-corrected chi connectivity index (χ0v) is 15.3. The van der Waals surface area contributed by atoms with Crippen LogP contribution < -0.4 is 15.4 Å². The summed E-state index contributed by atoms with van der Waals surface area (Å²) in [6.45, 7) is 1.23. The van der Waals surface area contributed by atoms with Crippen LogP contribution in [0.4, 0.5) is 5.82 Å². The molecular weight excluding hydrogens is 338 g/mol. The van der Waals surface area contributed by atoms with Crippen LogP contribution in [0.2, 0.25) is 0 Å². The Hall–Kier alpha value is -3.34. The van der Waals surface area contributed by atoms with E-state index in [1.54, 1.807) is 25.4 Å². The fourth-order valence-electron chi connectivity index (χ4n) is 2.68. The first kappa shape index (κ1) is 18.5. The number of hydrogen-bond donors (Lipinski definition) is 2. The molecule has 0 aliphatic heterocycles. The number of anilines is 1. The third-order valence-corrected chi connectivity index (χ3v) is 4.20. The van der Waals surface area contributed by atoms with Crippen LogP contribution in [0.1, 0.15) is 21.5 Å². The third-order valence-electron chi connectivity index (χ3n) is 4.20. The lowest BCUT2D eigenvalue weighted by Crippen LogP contribution is -2.23. The van der Waals surface area contributed by atoms with Crippen LogP contribution in [0, 0.1) is 0 Å². The largest absolute Gasteiger partial charge is 0.497 e. The summed E-state index contributed by atoms with van der Waals surface area (Å²) in [4.78, 5) is 16.6. The molecule has 2 aromatic carbocycles. The molecule has 5 heteroatoms. The Labute approximate surface area is 159 Å². The normalized spacial score (nSPS) is 10.3. The minimum absolute atomic E-state index is 0.112. The van der Waals surface area contributed by atoms with Gasteiger partial charge in [-0.1, -0.05) is 42.5 Å². The minimum atomic E-state index is -0.112. The lowest BCUT2D eigenvalue weighted by atomic mass is 10.1. The number of amides is 1. The van der Waals surface area contributed by atoms with E-state index in [1.807, 2.05) is 54.6 Å². The summed E-state index contributed by atoms with van der Waals surface area (Å²) in [5, 5.41) is 6.20. The van der Waals surface area contributed by atoms with E-state index in [2.05, 4.69) is 15.6 Å². The highest BCUT2D eigenvalue weighted by atomic mass is 16.5. The predicted octanol–water partition coefficient (Wildman–Crippen LogP) is 3.67. The summed E-state index contributed by atoms with van der Waals surface area (Å²) in [6, 6.07) is 21.3. The van der Waals surface area contributed by atoms with Crippen molar-refractivity contribution in [3.05, 3.63) is 89.6 Å². The molecule has 27 heavy (non-hydrogen) atoms. The maximum absolute atomic E-state index is 12.3. The van der Waals surface area contributed by atoms with Crippen LogP contribution in [0.5, 0.6) is 5.75 Å². The molecule has 0 saturated carbocycles. The number of carbonyl (C=O) groups is 1. The van der Waals surface area contributed by atoms with Gasteiger partial charge in [0.25, 0.3) is 5.91 Å². The fraction of sp³-hybridized carbons (Fsp3) is 0.182. The number of rotatable bonds is 8. The van der Waals surface area contributed by atoms with Crippen LogP contribution in [0.15, 0.2) is 72.9 Å². The zero-order chi connectivity index (χ0) is 18.9. The van der Waals surface area contributed by atoms with Gasteiger partial charge in [-0.15, -0.1) is 0 Å². The van der Waals surface area contributed by atoms with Crippen molar-refractivity contribution in [3.8, 4) is 5.75 Å². The van der Waals surface area contributed by atoms with Crippen molar-refractivity contribution in [2.24, 2.45) is 0 Å². The molecule has 0 spiro atoms. The average Bonchev–Trinajstić information content (AvgIpc) is 2.73. The van der Waals surface area contributed by atoms with Crippen LogP contribution in [-0.4, -0.2) is 24.5 Å². The second-order valence-electron chi connectivity index (χ2n) is 6.12. The van der Waals surface area contributed by atoms with Gasteiger partial charge in [0.15, 0.2) is 0 Å². The van der Waals surface area contributed by atoms with Gasteiger partial charge in [-0.25, -0.2) is 4.98 Å². The van der Waals surface area contributed by atoms with Gasteiger partial charge in [-0.2, -0.15) is 0 Å². The van der Waals surface area contributed by atoms with Crippen molar-refractivity contribution in [3.63, 3.8) is 0 Å². The first-order valence-corrected chi connectivity index (χ1v) is 8.89. The predicted molar refractivity (Wildman–Crippen MR) is 107 cm³/mol. The van der Waals surface area contributed by atoms with Crippen molar-refractivity contribution in [1.29, 1.82) is 0 Å². The molecule has 0 unspecified atom stereocenters. The van der Waals surface area contributed by atoms with Gasteiger partial charge in [-0.3, -0.25) is 4.79 Å². The molecule has 1 heterocycles. The number of hydrogen-bond acceptors (Lipinski definition) is 4. The molecular formula is C22H23N3O2. The Balaban J connectivity index is 1.51. The summed E-state index contributed by atoms with van der Waals surface area (Å²) in [6.07, 6.45) is 2.50. The fourth-order valence-corrected chi connectivity index (χ4v) is 2.68. The first-order valence-electron chi connectivity index (χ1n) is 8.89. The third kappa shape index (κ3) is 5.57. The van der Waals surface area contributed by atoms with Gasteiger partial charge in [0, 0.05) is 24.8 Å². The van der Waals surface area contributed by atoms with Crippen molar-refractivity contribution in [2.75, 3.05) is 19.0 Å². The summed E-state index contributed by atoms with van der Waals surface area (Å²) in [7, 11) is 1.66. The van der Waals surface area contributed by atoms with Gasteiger partial charge in [-0.05, 0) is 41.8 Å². The van der Waals surface area contributed by atoms with Crippen molar-refractivity contribution in [2.45, 2.75) is 13.0 Å². The molecule has 3 rings (SSSR count). The van der Waals surface area contributed by atoms with Crippen LogP contribution in [-0.2, 0) is 13.0 Å². The molecule has 0 aliphatic rings. The van der Waals surface area contributed by atoms with E-state index in [0.717, 1.165) is 24.3 Å². The topological polar surface area (TPSA) is 63.2 Å². The number of aromatic nitrogens is 1.